The van der Waals surface area contributed by atoms with Crippen molar-refractivity contribution < 1.29 is 14.7 Å². The van der Waals surface area contributed by atoms with Crippen molar-refractivity contribution in [2.45, 2.75) is 26.7 Å². The van der Waals surface area contributed by atoms with Gasteiger partial charge in [-0.15, -0.1) is 0 Å². The van der Waals surface area contributed by atoms with E-state index in [4.69, 9.17) is 20.4 Å². The summed E-state index contributed by atoms with van der Waals surface area (Å²) >= 11 is 0. The van der Waals surface area contributed by atoms with Gasteiger partial charge in [-0.3, -0.25) is 4.98 Å². The predicted molar refractivity (Wildman–Crippen MR) is 75.3 cm³/mol. The third-order valence-electron chi connectivity index (χ3n) is 3.47. The molecule has 0 amide bonds. The van der Waals surface area contributed by atoms with Crippen molar-refractivity contribution in [3.63, 3.8) is 0 Å². The minimum Gasteiger partial charge on any atom is -0.492 e. The first-order valence-corrected chi connectivity index (χ1v) is 6.78. The number of nitrogens with two attached hydrogens (primary N) is 1. The lowest BCUT2D eigenvalue weighted by molar-refractivity contribution is 0.0497. The van der Waals surface area contributed by atoms with Crippen LogP contribution in [0.4, 0.5) is 0 Å². The summed E-state index contributed by atoms with van der Waals surface area (Å²) in [4.78, 5) is 4.33. The van der Waals surface area contributed by atoms with E-state index in [1.807, 2.05) is 19.9 Å². The predicted octanol–water partition coefficient (Wildman–Crippen LogP) is 1.60. The van der Waals surface area contributed by atoms with Crippen molar-refractivity contribution in [3.8, 4) is 5.75 Å². The molecule has 0 atom stereocenters. The Kier molecular flexibility index (Phi) is 4.79. The van der Waals surface area contributed by atoms with E-state index in [-0.39, 0.29) is 5.84 Å². The Morgan fingerprint density at radius 3 is 2.85 bits per heavy atom. The highest BCUT2D eigenvalue weighted by atomic mass is 16.5. The molecule has 2 rings (SSSR count). The highest BCUT2D eigenvalue weighted by Crippen LogP contribution is 2.24. The maximum absolute atomic E-state index is 8.89. The topological polar surface area (TPSA) is 90.0 Å². The van der Waals surface area contributed by atoms with Gasteiger partial charge in [-0.25, -0.2) is 0 Å². The molecule has 1 saturated heterocycles. The Morgan fingerprint density at radius 2 is 2.20 bits per heavy atom. The summed E-state index contributed by atoms with van der Waals surface area (Å²) in [5.41, 5.74) is 7.82. The highest BCUT2D eigenvalue weighted by molar-refractivity contribution is 6.00. The lowest BCUT2D eigenvalue weighted by Gasteiger charge is -2.23. The summed E-state index contributed by atoms with van der Waals surface area (Å²) in [5.74, 6) is 1.13. The Hall–Kier alpha value is -1.82. The fraction of sp³-hybridized carbons (Fsp3) is 0.571. The van der Waals surface area contributed by atoms with Crippen LogP contribution in [0.1, 0.15) is 29.8 Å². The van der Waals surface area contributed by atoms with Crippen molar-refractivity contribution in [1.82, 2.24) is 4.98 Å². The zero-order valence-corrected chi connectivity index (χ0v) is 11.9. The van der Waals surface area contributed by atoms with Gasteiger partial charge in [0.1, 0.15) is 5.75 Å². The van der Waals surface area contributed by atoms with Crippen molar-refractivity contribution in [2.24, 2.45) is 16.8 Å². The largest absolute Gasteiger partial charge is 0.492 e. The first kappa shape index (κ1) is 14.6. The van der Waals surface area contributed by atoms with E-state index in [1.165, 1.54) is 0 Å². The van der Waals surface area contributed by atoms with E-state index < -0.39 is 0 Å². The lowest BCUT2D eigenvalue weighted by Crippen LogP contribution is -2.23. The number of rotatable bonds is 4. The van der Waals surface area contributed by atoms with Crippen LogP contribution in [-0.4, -0.2) is 35.8 Å². The molecule has 0 aliphatic carbocycles. The fourth-order valence-corrected chi connectivity index (χ4v) is 2.39. The molecule has 0 radical (unpaired) electrons. The molecule has 20 heavy (non-hydrogen) atoms. The monoisotopic (exact) mass is 279 g/mol. The number of oxime groups is 1. The number of aromatic nitrogens is 1. The van der Waals surface area contributed by atoms with Crippen molar-refractivity contribution in [2.75, 3.05) is 19.8 Å². The molecule has 1 aliphatic rings. The molecule has 1 aliphatic heterocycles. The van der Waals surface area contributed by atoms with Gasteiger partial charge in [-0.05, 0) is 32.6 Å². The maximum Gasteiger partial charge on any atom is 0.175 e. The molecule has 0 aromatic carbocycles. The summed E-state index contributed by atoms with van der Waals surface area (Å²) < 4.78 is 11.2. The van der Waals surface area contributed by atoms with Crippen LogP contribution in [0, 0.1) is 19.8 Å². The highest BCUT2D eigenvalue weighted by Gasteiger charge is 2.18. The number of amidine groups is 1. The molecule has 110 valence electrons. The average molecular weight is 279 g/mol. The normalized spacial score (nSPS) is 17.2. The Bertz CT molecular complexity index is 497. The second kappa shape index (κ2) is 6.56. The van der Waals surface area contributed by atoms with Gasteiger partial charge >= 0.3 is 0 Å². The molecule has 1 fully saturated rings. The van der Waals surface area contributed by atoms with Crippen LogP contribution in [0.25, 0.3) is 0 Å². The second-order valence-corrected chi connectivity index (χ2v) is 5.07. The van der Waals surface area contributed by atoms with Crippen LogP contribution in [0.3, 0.4) is 0 Å². The first-order chi connectivity index (χ1) is 9.61. The second-order valence-electron chi connectivity index (χ2n) is 5.07. The Labute approximate surface area is 118 Å². The van der Waals surface area contributed by atoms with E-state index >= 15 is 0 Å². The van der Waals surface area contributed by atoms with Gasteiger partial charge < -0.3 is 20.4 Å². The van der Waals surface area contributed by atoms with Crippen molar-refractivity contribution in [3.05, 3.63) is 23.0 Å². The van der Waals surface area contributed by atoms with Crippen LogP contribution < -0.4 is 10.5 Å². The van der Waals surface area contributed by atoms with Gasteiger partial charge in [-0.2, -0.15) is 0 Å². The standard InChI is InChI=1S/C14H21N3O3/c1-9-7-12(13(10(2)16-9)14(15)17-18)20-8-11-3-5-19-6-4-11/h7,11,18H,3-6,8H2,1-2H3,(H2,15,17). The molecule has 1 aromatic rings. The number of ether oxygens (including phenoxy) is 2. The van der Waals surface area contributed by atoms with Gasteiger partial charge in [0.2, 0.25) is 0 Å². The minimum absolute atomic E-state index is 0.0250. The van der Waals surface area contributed by atoms with Crippen molar-refractivity contribution >= 4 is 5.84 Å². The Morgan fingerprint density at radius 1 is 1.50 bits per heavy atom. The summed E-state index contributed by atoms with van der Waals surface area (Å²) in [6.45, 7) is 5.90. The third kappa shape index (κ3) is 3.39. The molecule has 0 saturated carbocycles. The van der Waals surface area contributed by atoms with E-state index in [0.717, 1.165) is 31.7 Å². The first-order valence-electron chi connectivity index (χ1n) is 6.78. The van der Waals surface area contributed by atoms with E-state index in [0.29, 0.717) is 29.5 Å². The van der Waals surface area contributed by atoms with Crippen LogP contribution in [0.15, 0.2) is 11.2 Å². The summed E-state index contributed by atoms with van der Waals surface area (Å²) in [6.07, 6.45) is 2.00. The lowest BCUT2D eigenvalue weighted by atomic mass is 10.0. The van der Waals surface area contributed by atoms with Crippen LogP contribution in [-0.2, 0) is 4.74 Å². The summed E-state index contributed by atoms with van der Waals surface area (Å²) in [6, 6.07) is 1.82. The molecule has 3 N–H and O–H groups in total. The maximum atomic E-state index is 8.89. The molecular formula is C14H21N3O3. The number of hydrogen-bond donors (Lipinski definition) is 2. The number of nitrogens with zero attached hydrogens (tertiary/aromatic N) is 2. The number of aryl methyl sites for hydroxylation is 2. The van der Waals surface area contributed by atoms with Crippen molar-refractivity contribution in [1.29, 1.82) is 0 Å². The van der Waals surface area contributed by atoms with E-state index in [9.17, 15) is 0 Å². The number of hydrogen-bond acceptors (Lipinski definition) is 5. The average Bonchev–Trinajstić information content (AvgIpc) is 2.45. The molecule has 1 aromatic heterocycles. The fourth-order valence-electron chi connectivity index (χ4n) is 2.39. The molecule has 6 heteroatoms. The van der Waals surface area contributed by atoms with E-state index in [1.54, 1.807) is 0 Å². The van der Waals surface area contributed by atoms with Gasteiger partial charge in [0.25, 0.3) is 0 Å². The SMILES string of the molecule is Cc1cc(OCC2CCOCC2)c(/C(N)=N/O)c(C)n1. The zero-order chi connectivity index (χ0) is 14.5. The van der Waals surface area contributed by atoms with Gasteiger partial charge in [0.15, 0.2) is 5.84 Å². The molecule has 0 unspecified atom stereocenters. The van der Waals surface area contributed by atoms with E-state index in [2.05, 4.69) is 10.1 Å². The van der Waals surface area contributed by atoms with Gasteiger partial charge in [-0.1, -0.05) is 5.16 Å². The molecule has 2 heterocycles. The Balaban J connectivity index is 2.16. The number of pyridine rings is 1. The smallest absolute Gasteiger partial charge is 0.175 e. The van der Waals surface area contributed by atoms with Gasteiger partial charge in [0, 0.05) is 25.0 Å². The van der Waals surface area contributed by atoms with Crippen LogP contribution in [0.5, 0.6) is 5.75 Å². The molecule has 6 nitrogen and oxygen atoms in total. The summed E-state index contributed by atoms with van der Waals surface area (Å²) in [7, 11) is 0. The zero-order valence-electron chi connectivity index (χ0n) is 11.9. The third-order valence-corrected chi connectivity index (χ3v) is 3.47. The quantitative estimate of drug-likeness (QED) is 0.378. The molecule has 0 bridgehead atoms. The van der Waals surface area contributed by atoms with Crippen LogP contribution >= 0.6 is 0 Å². The van der Waals surface area contributed by atoms with Gasteiger partial charge in [0.05, 0.1) is 17.9 Å². The van der Waals surface area contributed by atoms with Crippen LogP contribution in [0.2, 0.25) is 0 Å². The molecule has 0 spiro atoms. The molecular weight excluding hydrogens is 258 g/mol. The minimum atomic E-state index is 0.0250. The summed E-state index contributed by atoms with van der Waals surface area (Å²) in [5, 5.41) is 11.9.